The zero-order valence-electron chi connectivity index (χ0n) is 10.9. The van der Waals surface area contributed by atoms with Gasteiger partial charge in [-0.15, -0.1) is 0 Å². The van der Waals surface area contributed by atoms with Crippen LogP contribution in [0.15, 0.2) is 22.7 Å². The summed E-state index contributed by atoms with van der Waals surface area (Å²) in [5, 5.41) is 13.3. The van der Waals surface area contributed by atoms with E-state index in [0.29, 0.717) is 10.2 Å². The maximum Gasteiger partial charge on any atom is 0.271 e. The third kappa shape index (κ3) is 4.00. The van der Waals surface area contributed by atoms with Crippen molar-refractivity contribution >= 4 is 33.2 Å². The second-order valence-corrected chi connectivity index (χ2v) is 6.11. The van der Waals surface area contributed by atoms with Crippen LogP contribution in [0.25, 0.3) is 0 Å². The Morgan fingerprint density at radius 3 is 2.53 bits per heavy atom. The van der Waals surface area contributed by atoms with E-state index in [-0.39, 0.29) is 11.6 Å². The molecule has 1 rings (SSSR count). The second kappa shape index (κ2) is 5.66. The van der Waals surface area contributed by atoms with Gasteiger partial charge in [0.2, 0.25) is 5.91 Å². The fourth-order valence-corrected chi connectivity index (χ4v) is 1.67. The lowest BCUT2D eigenvalue weighted by molar-refractivity contribution is -0.384. The molecule has 6 nitrogen and oxygen atoms in total. The summed E-state index contributed by atoms with van der Waals surface area (Å²) in [5.74, 6) is -0.381. The summed E-state index contributed by atoms with van der Waals surface area (Å²) >= 11 is 3.23. The molecule has 104 valence electrons. The number of halogens is 1. The van der Waals surface area contributed by atoms with Gasteiger partial charge in [-0.05, 0) is 27.4 Å². The molecule has 0 aromatic heterocycles. The van der Waals surface area contributed by atoms with Crippen molar-refractivity contribution in [3.8, 4) is 0 Å². The van der Waals surface area contributed by atoms with Gasteiger partial charge in [0.05, 0.1) is 16.7 Å². The number of nitro benzene ring substituents is 1. The number of amides is 1. The van der Waals surface area contributed by atoms with Gasteiger partial charge in [-0.25, -0.2) is 0 Å². The van der Waals surface area contributed by atoms with Crippen LogP contribution in [-0.2, 0) is 4.79 Å². The van der Waals surface area contributed by atoms with Crippen LogP contribution in [-0.4, -0.2) is 16.9 Å². The van der Waals surface area contributed by atoms with Crippen LogP contribution >= 0.6 is 15.9 Å². The first-order valence-electron chi connectivity index (χ1n) is 5.63. The number of anilines is 1. The standard InChI is InChI=1S/C12H16BrN3O3/c1-12(2,3)10(14)11(17)15-9-6-7(16(18)19)4-5-8(9)13/h4-6,10H,14H2,1-3H3,(H,15,17)/t10-/m0/s1. The average molecular weight is 330 g/mol. The van der Waals surface area contributed by atoms with Gasteiger partial charge in [-0.1, -0.05) is 20.8 Å². The molecule has 1 amide bonds. The van der Waals surface area contributed by atoms with E-state index in [1.54, 1.807) is 0 Å². The number of rotatable bonds is 3. The molecule has 0 aliphatic carbocycles. The summed E-state index contributed by atoms with van der Waals surface area (Å²) in [6.45, 7) is 5.54. The Labute approximate surface area is 119 Å². The van der Waals surface area contributed by atoms with Crippen molar-refractivity contribution in [1.29, 1.82) is 0 Å². The maximum absolute atomic E-state index is 12.0. The molecule has 0 spiro atoms. The Balaban J connectivity index is 2.96. The molecular formula is C12H16BrN3O3. The van der Waals surface area contributed by atoms with Crippen LogP contribution in [0.3, 0.4) is 0 Å². The van der Waals surface area contributed by atoms with Gasteiger partial charge in [-0.2, -0.15) is 0 Å². The van der Waals surface area contributed by atoms with Crippen molar-refractivity contribution in [1.82, 2.24) is 0 Å². The number of nitrogens with one attached hydrogen (secondary N) is 1. The molecule has 0 heterocycles. The molecular weight excluding hydrogens is 314 g/mol. The van der Waals surface area contributed by atoms with E-state index in [1.807, 2.05) is 20.8 Å². The smallest absolute Gasteiger partial charge is 0.271 e. The number of non-ortho nitro benzene ring substituents is 1. The largest absolute Gasteiger partial charge is 0.323 e. The van der Waals surface area contributed by atoms with Crippen LogP contribution in [0.2, 0.25) is 0 Å². The van der Waals surface area contributed by atoms with Gasteiger partial charge in [0.15, 0.2) is 0 Å². The lowest BCUT2D eigenvalue weighted by atomic mass is 9.87. The highest BCUT2D eigenvalue weighted by Crippen LogP contribution is 2.28. The van der Waals surface area contributed by atoms with Gasteiger partial charge in [-0.3, -0.25) is 14.9 Å². The Kier molecular flexibility index (Phi) is 4.65. The lowest BCUT2D eigenvalue weighted by Crippen LogP contribution is -2.45. The van der Waals surface area contributed by atoms with Crippen molar-refractivity contribution in [2.75, 3.05) is 5.32 Å². The number of nitro groups is 1. The molecule has 19 heavy (non-hydrogen) atoms. The summed E-state index contributed by atoms with van der Waals surface area (Å²) in [5.41, 5.74) is 5.67. The van der Waals surface area contributed by atoms with Crippen molar-refractivity contribution in [2.24, 2.45) is 11.1 Å². The van der Waals surface area contributed by atoms with E-state index in [1.165, 1.54) is 18.2 Å². The first-order valence-corrected chi connectivity index (χ1v) is 6.42. The molecule has 0 radical (unpaired) electrons. The molecule has 0 fully saturated rings. The van der Waals surface area contributed by atoms with Crippen LogP contribution in [0.5, 0.6) is 0 Å². The minimum absolute atomic E-state index is 0.0946. The molecule has 1 aromatic rings. The molecule has 0 unspecified atom stereocenters. The molecule has 0 aliphatic heterocycles. The van der Waals surface area contributed by atoms with E-state index < -0.39 is 16.4 Å². The van der Waals surface area contributed by atoms with Gasteiger partial charge < -0.3 is 11.1 Å². The number of nitrogens with zero attached hydrogens (tertiary/aromatic N) is 1. The predicted octanol–water partition coefficient (Wildman–Crippen LogP) is 2.67. The first kappa shape index (κ1) is 15.6. The molecule has 1 atom stereocenters. The third-order valence-corrected chi connectivity index (χ3v) is 3.33. The minimum atomic E-state index is -0.710. The summed E-state index contributed by atoms with van der Waals surface area (Å²) < 4.78 is 0.563. The second-order valence-electron chi connectivity index (χ2n) is 5.25. The fourth-order valence-electron chi connectivity index (χ4n) is 1.33. The Morgan fingerprint density at radius 1 is 1.47 bits per heavy atom. The third-order valence-electron chi connectivity index (χ3n) is 2.63. The van der Waals surface area contributed by atoms with E-state index in [0.717, 1.165) is 0 Å². The number of benzene rings is 1. The van der Waals surface area contributed by atoms with Crippen LogP contribution < -0.4 is 11.1 Å². The summed E-state index contributed by atoms with van der Waals surface area (Å²) in [4.78, 5) is 22.1. The molecule has 0 saturated carbocycles. The molecule has 3 N–H and O–H groups in total. The number of carbonyl (C=O) groups is 1. The highest BCUT2D eigenvalue weighted by atomic mass is 79.9. The first-order chi connectivity index (χ1) is 8.62. The normalized spacial score (nSPS) is 12.9. The average Bonchev–Trinajstić information content (AvgIpc) is 2.29. The summed E-state index contributed by atoms with van der Waals surface area (Å²) in [6.07, 6.45) is 0. The molecule has 1 aromatic carbocycles. The fraction of sp³-hybridized carbons (Fsp3) is 0.417. The SMILES string of the molecule is CC(C)(C)[C@@H](N)C(=O)Nc1cc([N+](=O)[O-])ccc1Br. The van der Waals surface area contributed by atoms with E-state index in [2.05, 4.69) is 21.2 Å². The zero-order chi connectivity index (χ0) is 14.8. The topological polar surface area (TPSA) is 98.3 Å². The van der Waals surface area contributed by atoms with Crippen molar-refractivity contribution in [3.05, 3.63) is 32.8 Å². The molecule has 0 aliphatic rings. The van der Waals surface area contributed by atoms with Gasteiger partial charge in [0.25, 0.3) is 5.69 Å². The Hall–Kier alpha value is -1.47. The number of hydrogen-bond donors (Lipinski definition) is 2. The number of nitrogens with two attached hydrogens (primary N) is 1. The monoisotopic (exact) mass is 329 g/mol. The predicted molar refractivity (Wildman–Crippen MR) is 76.9 cm³/mol. The number of hydrogen-bond acceptors (Lipinski definition) is 4. The maximum atomic E-state index is 12.0. The van der Waals surface area contributed by atoms with Crippen LogP contribution in [0.4, 0.5) is 11.4 Å². The van der Waals surface area contributed by atoms with Gasteiger partial charge >= 0.3 is 0 Å². The highest BCUT2D eigenvalue weighted by Gasteiger charge is 2.28. The Bertz CT molecular complexity index is 511. The summed E-state index contributed by atoms with van der Waals surface area (Å²) in [6, 6.07) is 3.44. The van der Waals surface area contributed by atoms with Crippen molar-refractivity contribution < 1.29 is 9.72 Å². The Morgan fingerprint density at radius 2 is 2.05 bits per heavy atom. The quantitative estimate of drug-likeness (QED) is 0.657. The highest BCUT2D eigenvalue weighted by molar-refractivity contribution is 9.10. The van der Waals surface area contributed by atoms with Crippen molar-refractivity contribution in [2.45, 2.75) is 26.8 Å². The molecule has 7 heteroatoms. The van der Waals surface area contributed by atoms with E-state index in [9.17, 15) is 14.9 Å². The molecule has 0 saturated heterocycles. The van der Waals surface area contributed by atoms with Crippen LogP contribution in [0.1, 0.15) is 20.8 Å². The van der Waals surface area contributed by atoms with Gasteiger partial charge in [0, 0.05) is 16.6 Å². The molecule has 0 bridgehead atoms. The van der Waals surface area contributed by atoms with E-state index in [4.69, 9.17) is 5.73 Å². The van der Waals surface area contributed by atoms with Crippen molar-refractivity contribution in [3.63, 3.8) is 0 Å². The van der Waals surface area contributed by atoms with E-state index >= 15 is 0 Å². The van der Waals surface area contributed by atoms with Crippen LogP contribution in [0, 0.1) is 15.5 Å². The zero-order valence-corrected chi connectivity index (χ0v) is 12.5. The van der Waals surface area contributed by atoms with Gasteiger partial charge in [0.1, 0.15) is 0 Å². The lowest BCUT2D eigenvalue weighted by Gasteiger charge is -2.25. The number of carbonyl (C=O) groups excluding carboxylic acids is 1. The minimum Gasteiger partial charge on any atom is -0.323 e. The summed E-state index contributed by atoms with van der Waals surface area (Å²) in [7, 11) is 0.